The Balaban J connectivity index is 1.35. The number of aromatic nitrogens is 4. The van der Waals surface area contributed by atoms with Gasteiger partial charge in [-0.15, -0.1) is 0 Å². The number of ether oxygens (including phenoxy) is 2. The normalized spacial score (nSPS) is 15.7. The molecule has 4 heterocycles. The average molecular weight is 612 g/mol. The van der Waals surface area contributed by atoms with Crippen molar-refractivity contribution in [2.75, 3.05) is 45.8 Å². The maximum absolute atomic E-state index is 13.4. The van der Waals surface area contributed by atoms with Crippen LogP contribution in [0.4, 0.5) is 5.13 Å². The second-order valence-electron chi connectivity index (χ2n) is 9.53. The molecule has 3 aromatic heterocycles. The number of amides is 1. The Bertz CT molecular complexity index is 1660. The quantitative estimate of drug-likeness (QED) is 0.185. The van der Waals surface area contributed by atoms with E-state index in [0.717, 1.165) is 6.54 Å². The van der Waals surface area contributed by atoms with Crippen LogP contribution in [0.25, 0.3) is 10.3 Å². The number of nitrogens with one attached hydrogen (secondary N) is 1. The van der Waals surface area contributed by atoms with Gasteiger partial charge in [0.05, 0.1) is 16.8 Å². The number of pyridine rings is 1. The summed E-state index contributed by atoms with van der Waals surface area (Å²) in [5, 5.41) is 6.51. The molecule has 1 N–H and O–H groups in total. The van der Waals surface area contributed by atoms with Crippen molar-refractivity contribution in [3.8, 4) is 5.88 Å². The Hall–Kier alpha value is -4.05. The molecule has 0 saturated carbocycles. The molecule has 0 unspecified atom stereocenters. The number of thiazole rings is 1. The predicted octanol–water partition coefficient (Wildman–Crippen LogP) is 2.54. The summed E-state index contributed by atoms with van der Waals surface area (Å²) in [7, 11) is 0.341. The molecule has 1 amide bonds. The number of hydrogen-bond donors (Lipinski definition) is 1. The Labute approximate surface area is 246 Å². The number of carbonyl (C=O) groups excluding carboxylic acids is 1. The van der Waals surface area contributed by atoms with E-state index in [4.69, 9.17) is 14.3 Å². The third-order valence-corrected chi connectivity index (χ3v) is 9.26. The number of hydrogen-bond acceptors (Lipinski definition) is 13. The highest BCUT2D eigenvalue weighted by Gasteiger charge is 2.31. The van der Waals surface area contributed by atoms with Gasteiger partial charge in [0, 0.05) is 37.2 Å². The highest BCUT2D eigenvalue weighted by Crippen LogP contribution is 2.27. The minimum atomic E-state index is -3.57. The number of oxime groups is 1. The largest absolute Gasteiger partial charge is 0.476 e. The van der Waals surface area contributed by atoms with Crippen molar-refractivity contribution in [3.63, 3.8) is 0 Å². The number of benzene rings is 1. The molecule has 1 saturated heterocycles. The van der Waals surface area contributed by atoms with Gasteiger partial charge in [0.1, 0.15) is 17.0 Å². The average Bonchev–Trinajstić information content (AvgIpc) is 3.66. The van der Waals surface area contributed by atoms with Gasteiger partial charge in [-0.1, -0.05) is 28.6 Å². The van der Waals surface area contributed by atoms with Crippen molar-refractivity contribution in [1.29, 1.82) is 0 Å². The van der Waals surface area contributed by atoms with Crippen molar-refractivity contribution < 1.29 is 27.5 Å². The lowest BCUT2D eigenvalue weighted by Gasteiger charge is -2.11. The first kappa shape index (κ1) is 29.4. The first-order valence-corrected chi connectivity index (χ1v) is 15.4. The van der Waals surface area contributed by atoms with Crippen molar-refractivity contribution in [1.82, 2.24) is 24.8 Å². The third-order valence-electron chi connectivity index (χ3n) is 6.21. The fraction of sp³-hybridized carbons (Fsp3) is 0.333. The van der Waals surface area contributed by atoms with Crippen LogP contribution in [0.1, 0.15) is 17.8 Å². The summed E-state index contributed by atoms with van der Waals surface area (Å²) in [6.07, 6.45) is 3.57. The van der Waals surface area contributed by atoms with E-state index in [2.05, 4.69) is 30.4 Å². The molecular weight excluding hydrogens is 582 g/mol. The molecule has 0 aliphatic carbocycles. The maximum atomic E-state index is 13.4. The number of anilines is 1. The lowest BCUT2D eigenvalue weighted by atomic mass is 10.1. The van der Waals surface area contributed by atoms with Gasteiger partial charge in [-0.2, -0.15) is 0 Å². The smallest absolute Gasteiger partial charge is 0.280 e. The zero-order chi connectivity index (χ0) is 29.5. The SMILES string of the molecule is CN(C)CCOc1ccc2nc(NC(=O)/C(=N/OCc3ncccn3)c3ccc(S(=O)(=O)[C@H]4CCOC4)cc3)sc2n1. The van der Waals surface area contributed by atoms with E-state index in [1.54, 1.807) is 30.6 Å². The number of likely N-dealkylation sites (N-methyl/N-ethyl adjacent to an activating group) is 1. The van der Waals surface area contributed by atoms with Crippen LogP contribution < -0.4 is 10.1 Å². The fourth-order valence-electron chi connectivity index (χ4n) is 3.96. The highest BCUT2D eigenvalue weighted by atomic mass is 32.2. The van der Waals surface area contributed by atoms with E-state index in [-0.39, 0.29) is 23.8 Å². The minimum absolute atomic E-state index is 0.0760. The Kier molecular flexibility index (Phi) is 9.31. The van der Waals surface area contributed by atoms with Crippen molar-refractivity contribution >= 4 is 48.3 Å². The lowest BCUT2D eigenvalue weighted by Crippen LogP contribution is -2.25. The van der Waals surface area contributed by atoms with Gasteiger partial charge in [0.25, 0.3) is 5.91 Å². The first-order valence-electron chi connectivity index (χ1n) is 13.0. The van der Waals surface area contributed by atoms with Crippen molar-refractivity contribution in [2.24, 2.45) is 5.16 Å². The Morgan fingerprint density at radius 3 is 2.64 bits per heavy atom. The number of sulfone groups is 1. The second kappa shape index (κ2) is 13.3. The molecule has 5 rings (SSSR count). The molecule has 4 aromatic rings. The van der Waals surface area contributed by atoms with E-state index in [1.807, 2.05) is 19.0 Å². The summed E-state index contributed by atoms with van der Waals surface area (Å²) >= 11 is 1.18. The molecule has 1 fully saturated rings. The van der Waals surface area contributed by atoms with Gasteiger partial charge in [0.15, 0.2) is 33.1 Å². The van der Waals surface area contributed by atoms with Crippen LogP contribution in [0.5, 0.6) is 5.88 Å². The molecule has 15 heteroatoms. The van der Waals surface area contributed by atoms with Gasteiger partial charge in [-0.25, -0.2) is 28.4 Å². The molecule has 42 heavy (non-hydrogen) atoms. The molecule has 0 spiro atoms. The Morgan fingerprint density at radius 1 is 1.14 bits per heavy atom. The monoisotopic (exact) mass is 611 g/mol. The molecule has 0 radical (unpaired) electrons. The Morgan fingerprint density at radius 2 is 1.93 bits per heavy atom. The molecule has 1 atom stereocenters. The van der Waals surface area contributed by atoms with Gasteiger partial charge < -0.3 is 19.2 Å². The van der Waals surface area contributed by atoms with Gasteiger partial charge in [-0.3, -0.25) is 10.1 Å². The highest BCUT2D eigenvalue weighted by molar-refractivity contribution is 7.92. The molecule has 1 aromatic carbocycles. The van der Waals surface area contributed by atoms with Crippen molar-refractivity contribution in [2.45, 2.75) is 23.2 Å². The topological polar surface area (TPSA) is 158 Å². The summed E-state index contributed by atoms with van der Waals surface area (Å²) in [5.74, 6) is 0.233. The van der Waals surface area contributed by atoms with E-state index in [9.17, 15) is 13.2 Å². The number of nitrogens with zero attached hydrogens (tertiary/aromatic N) is 6. The van der Waals surface area contributed by atoms with Crippen LogP contribution in [0.2, 0.25) is 0 Å². The zero-order valence-corrected chi connectivity index (χ0v) is 24.6. The predicted molar refractivity (Wildman–Crippen MR) is 156 cm³/mol. The summed E-state index contributed by atoms with van der Waals surface area (Å²) in [5.41, 5.74) is 0.856. The van der Waals surface area contributed by atoms with E-state index in [0.29, 0.717) is 52.4 Å². The zero-order valence-electron chi connectivity index (χ0n) is 23.0. The van der Waals surface area contributed by atoms with Crippen LogP contribution >= 0.6 is 11.3 Å². The van der Waals surface area contributed by atoms with E-state index < -0.39 is 21.0 Å². The standard InChI is InChI=1S/C27H29N7O6S2/c1-34(2)13-15-39-23-9-8-21-26(31-23)41-27(30-21)32-25(35)24(33-40-17-22-28-11-3-12-29-22)18-4-6-19(7-5-18)42(36,37)20-10-14-38-16-20/h3-9,11-12,20H,10,13-17H2,1-2H3,(H,30,32,35)/b33-24+/t20-/m0/s1. The van der Waals surface area contributed by atoms with Crippen molar-refractivity contribution in [3.05, 3.63) is 66.2 Å². The molecule has 1 aliphatic rings. The molecule has 0 bridgehead atoms. The second-order valence-corrected chi connectivity index (χ2v) is 12.7. The van der Waals surface area contributed by atoms with Gasteiger partial charge in [-0.05, 0) is 44.8 Å². The molecule has 13 nitrogen and oxygen atoms in total. The van der Waals surface area contributed by atoms with Crippen LogP contribution in [0.15, 0.2) is 64.9 Å². The van der Waals surface area contributed by atoms with Crippen LogP contribution in [0.3, 0.4) is 0 Å². The van der Waals surface area contributed by atoms with E-state index >= 15 is 0 Å². The van der Waals surface area contributed by atoms with Crippen LogP contribution in [-0.4, -0.2) is 90.6 Å². The number of rotatable bonds is 12. The first-order chi connectivity index (χ1) is 20.3. The minimum Gasteiger partial charge on any atom is -0.476 e. The fourth-order valence-corrected chi connectivity index (χ4v) is 6.37. The molecule has 1 aliphatic heterocycles. The third kappa shape index (κ3) is 7.23. The number of fused-ring (bicyclic) bond motifs is 1. The summed E-state index contributed by atoms with van der Waals surface area (Å²) < 4.78 is 36.9. The molecular formula is C27H29N7O6S2. The van der Waals surface area contributed by atoms with Gasteiger partial charge >= 0.3 is 0 Å². The molecule has 220 valence electrons. The lowest BCUT2D eigenvalue weighted by molar-refractivity contribution is -0.110. The van der Waals surface area contributed by atoms with Crippen LogP contribution in [-0.2, 0) is 30.8 Å². The summed E-state index contributed by atoms with van der Waals surface area (Å²) in [4.78, 5) is 38.7. The van der Waals surface area contributed by atoms with E-state index in [1.165, 1.54) is 35.6 Å². The summed E-state index contributed by atoms with van der Waals surface area (Å²) in [6.45, 7) is 1.72. The van der Waals surface area contributed by atoms with Gasteiger partial charge in [0.2, 0.25) is 5.88 Å². The maximum Gasteiger partial charge on any atom is 0.280 e. The van der Waals surface area contributed by atoms with Crippen LogP contribution in [0, 0.1) is 0 Å². The number of carbonyl (C=O) groups is 1. The summed E-state index contributed by atoms with van der Waals surface area (Å²) in [6, 6.07) is 11.1.